The number of amides is 1. The molecule has 0 spiro atoms. The molecular formula is C11H13N5O3. The molecule has 1 amide bonds. The second kappa shape index (κ2) is 5.34. The number of carbonyl (C=O) groups is 1. The van der Waals surface area contributed by atoms with Gasteiger partial charge in [0.25, 0.3) is 5.56 Å². The zero-order chi connectivity index (χ0) is 13.8. The third kappa shape index (κ3) is 3.41. The summed E-state index contributed by atoms with van der Waals surface area (Å²) < 4.78 is 6.07. The SMILES string of the molecule is Cc1noc(CNC(=O)Cn2cc(N)ccc2=O)n1. The first-order valence-electron chi connectivity index (χ1n) is 5.56. The summed E-state index contributed by atoms with van der Waals surface area (Å²) in [6, 6.07) is 2.79. The van der Waals surface area contributed by atoms with Crippen molar-refractivity contribution in [2.24, 2.45) is 0 Å². The second-order valence-corrected chi connectivity index (χ2v) is 3.94. The Balaban J connectivity index is 1.94. The molecule has 3 N–H and O–H groups in total. The average molecular weight is 263 g/mol. The summed E-state index contributed by atoms with van der Waals surface area (Å²) in [7, 11) is 0. The van der Waals surface area contributed by atoms with Crippen LogP contribution in [0.25, 0.3) is 0 Å². The van der Waals surface area contributed by atoms with Gasteiger partial charge in [0.2, 0.25) is 11.8 Å². The first-order chi connectivity index (χ1) is 9.04. The van der Waals surface area contributed by atoms with Crippen molar-refractivity contribution in [2.75, 3.05) is 5.73 Å². The Morgan fingerprint density at radius 1 is 1.53 bits per heavy atom. The van der Waals surface area contributed by atoms with E-state index in [1.807, 2.05) is 0 Å². The van der Waals surface area contributed by atoms with Crippen molar-refractivity contribution in [3.05, 3.63) is 40.4 Å². The Hall–Kier alpha value is -2.64. The predicted octanol–water partition coefficient (Wildman–Crippen LogP) is -0.562. The molecule has 8 nitrogen and oxygen atoms in total. The highest BCUT2D eigenvalue weighted by Gasteiger charge is 2.07. The standard InChI is InChI=1S/C11H13N5O3/c1-7-14-10(19-15-7)4-13-9(17)6-16-5-8(12)2-3-11(16)18/h2-3,5H,4,6,12H2,1H3,(H,13,17). The molecular weight excluding hydrogens is 250 g/mol. The summed E-state index contributed by atoms with van der Waals surface area (Å²) in [5.41, 5.74) is 5.67. The van der Waals surface area contributed by atoms with Crippen LogP contribution in [0.15, 0.2) is 27.6 Å². The fraction of sp³-hybridized carbons (Fsp3) is 0.273. The summed E-state index contributed by atoms with van der Waals surface area (Å²) in [6.45, 7) is 1.69. The number of nitrogens with one attached hydrogen (secondary N) is 1. The van der Waals surface area contributed by atoms with Crippen LogP contribution in [-0.2, 0) is 17.9 Å². The second-order valence-electron chi connectivity index (χ2n) is 3.94. The van der Waals surface area contributed by atoms with Gasteiger partial charge in [0.1, 0.15) is 6.54 Å². The molecule has 0 unspecified atom stereocenters. The number of rotatable bonds is 4. The van der Waals surface area contributed by atoms with Crippen LogP contribution < -0.4 is 16.6 Å². The van der Waals surface area contributed by atoms with Crippen LogP contribution in [-0.4, -0.2) is 20.6 Å². The van der Waals surface area contributed by atoms with Crippen molar-refractivity contribution < 1.29 is 9.32 Å². The van der Waals surface area contributed by atoms with E-state index < -0.39 is 0 Å². The topological polar surface area (TPSA) is 116 Å². The summed E-state index contributed by atoms with van der Waals surface area (Å²) >= 11 is 0. The van der Waals surface area contributed by atoms with Gasteiger partial charge in [-0.05, 0) is 13.0 Å². The fourth-order valence-electron chi connectivity index (χ4n) is 1.47. The largest absolute Gasteiger partial charge is 0.398 e. The van der Waals surface area contributed by atoms with Gasteiger partial charge in [0, 0.05) is 18.0 Å². The molecule has 0 aliphatic carbocycles. The molecule has 0 aliphatic heterocycles. The van der Waals surface area contributed by atoms with E-state index in [1.54, 1.807) is 6.92 Å². The molecule has 2 aromatic rings. The molecule has 0 radical (unpaired) electrons. The fourth-order valence-corrected chi connectivity index (χ4v) is 1.47. The van der Waals surface area contributed by atoms with E-state index in [1.165, 1.54) is 22.9 Å². The smallest absolute Gasteiger partial charge is 0.251 e. The quantitative estimate of drug-likeness (QED) is 0.763. The highest BCUT2D eigenvalue weighted by atomic mass is 16.5. The molecule has 100 valence electrons. The summed E-state index contributed by atoms with van der Waals surface area (Å²) in [5, 5.41) is 6.17. The number of nitrogen functional groups attached to an aromatic ring is 1. The van der Waals surface area contributed by atoms with Gasteiger partial charge in [-0.2, -0.15) is 4.98 Å². The third-order valence-electron chi connectivity index (χ3n) is 2.33. The number of pyridine rings is 1. The van der Waals surface area contributed by atoms with Crippen molar-refractivity contribution in [1.82, 2.24) is 20.0 Å². The maximum Gasteiger partial charge on any atom is 0.251 e. The minimum atomic E-state index is -0.344. The third-order valence-corrected chi connectivity index (χ3v) is 2.33. The molecule has 8 heteroatoms. The molecule has 0 aliphatic rings. The van der Waals surface area contributed by atoms with E-state index in [0.717, 1.165) is 0 Å². The zero-order valence-corrected chi connectivity index (χ0v) is 10.3. The minimum absolute atomic E-state index is 0.114. The van der Waals surface area contributed by atoms with Crippen LogP contribution >= 0.6 is 0 Å². The molecule has 2 heterocycles. The Kier molecular flexibility index (Phi) is 3.60. The number of nitrogens with zero attached hydrogens (tertiary/aromatic N) is 3. The minimum Gasteiger partial charge on any atom is -0.398 e. The lowest BCUT2D eigenvalue weighted by Crippen LogP contribution is -2.31. The van der Waals surface area contributed by atoms with Crippen molar-refractivity contribution in [3.63, 3.8) is 0 Å². The van der Waals surface area contributed by atoms with Crippen LogP contribution in [0.1, 0.15) is 11.7 Å². The summed E-state index contributed by atoms with van der Waals surface area (Å²) in [4.78, 5) is 27.1. The normalized spacial score (nSPS) is 10.4. The van der Waals surface area contributed by atoms with Crippen LogP contribution in [0.3, 0.4) is 0 Å². The van der Waals surface area contributed by atoms with Gasteiger partial charge in [0.15, 0.2) is 5.82 Å². The molecule has 0 saturated carbocycles. The van der Waals surface area contributed by atoms with Gasteiger partial charge in [-0.1, -0.05) is 5.16 Å². The maximum atomic E-state index is 11.7. The van der Waals surface area contributed by atoms with E-state index in [2.05, 4.69) is 15.5 Å². The Morgan fingerprint density at radius 3 is 3.00 bits per heavy atom. The van der Waals surface area contributed by atoms with Gasteiger partial charge in [-0.25, -0.2) is 0 Å². The molecule has 0 bridgehead atoms. The number of anilines is 1. The zero-order valence-electron chi connectivity index (χ0n) is 10.3. The summed E-state index contributed by atoms with van der Waals surface area (Å²) in [6.07, 6.45) is 1.42. The molecule has 2 rings (SSSR count). The van der Waals surface area contributed by atoms with Crippen molar-refractivity contribution in [1.29, 1.82) is 0 Å². The average Bonchev–Trinajstić information content (AvgIpc) is 2.77. The van der Waals surface area contributed by atoms with Crippen LogP contribution in [0.4, 0.5) is 5.69 Å². The lowest BCUT2D eigenvalue weighted by Gasteiger charge is -2.06. The van der Waals surface area contributed by atoms with Crippen LogP contribution in [0, 0.1) is 6.92 Å². The van der Waals surface area contributed by atoms with E-state index in [0.29, 0.717) is 17.4 Å². The van der Waals surface area contributed by atoms with Gasteiger partial charge in [-0.15, -0.1) is 0 Å². The van der Waals surface area contributed by atoms with Gasteiger partial charge in [-0.3, -0.25) is 9.59 Å². The van der Waals surface area contributed by atoms with Crippen molar-refractivity contribution in [3.8, 4) is 0 Å². The van der Waals surface area contributed by atoms with Gasteiger partial charge >= 0.3 is 0 Å². The number of aromatic nitrogens is 3. The lowest BCUT2D eigenvalue weighted by atomic mass is 10.4. The van der Waals surface area contributed by atoms with Crippen LogP contribution in [0.2, 0.25) is 0 Å². The number of hydrogen-bond donors (Lipinski definition) is 2. The Labute approximate surface area is 108 Å². The first-order valence-corrected chi connectivity index (χ1v) is 5.56. The molecule has 2 aromatic heterocycles. The molecule has 0 fully saturated rings. The van der Waals surface area contributed by atoms with E-state index in [4.69, 9.17) is 10.3 Å². The molecule has 0 atom stereocenters. The Morgan fingerprint density at radius 2 is 2.32 bits per heavy atom. The number of carbonyl (C=O) groups excluding carboxylic acids is 1. The summed E-state index contributed by atoms with van der Waals surface area (Å²) in [5.74, 6) is 0.464. The molecule has 19 heavy (non-hydrogen) atoms. The first kappa shape index (κ1) is 12.8. The van der Waals surface area contributed by atoms with E-state index >= 15 is 0 Å². The highest BCUT2D eigenvalue weighted by molar-refractivity contribution is 5.75. The number of nitrogens with two attached hydrogens (primary N) is 1. The number of hydrogen-bond acceptors (Lipinski definition) is 6. The maximum absolute atomic E-state index is 11.7. The molecule has 0 aromatic carbocycles. The van der Waals surface area contributed by atoms with E-state index in [9.17, 15) is 9.59 Å². The predicted molar refractivity (Wildman–Crippen MR) is 66.0 cm³/mol. The number of aryl methyl sites for hydroxylation is 1. The Bertz CT molecular complexity index is 646. The monoisotopic (exact) mass is 263 g/mol. The molecule has 0 saturated heterocycles. The van der Waals surface area contributed by atoms with Crippen molar-refractivity contribution >= 4 is 11.6 Å². The van der Waals surface area contributed by atoms with Crippen molar-refractivity contribution in [2.45, 2.75) is 20.0 Å². The highest BCUT2D eigenvalue weighted by Crippen LogP contribution is 1.97. The van der Waals surface area contributed by atoms with Gasteiger partial charge in [0.05, 0.1) is 6.54 Å². The van der Waals surface area contributed by atoms with E-state index in [-0.39, 0.29) is 24.6 Å². The lowest BCUT2D eigenvalue weighted by molar-refractivity contribution is -0.122. The van der Waals surface area contributed by atoms with Crippen LogP contribution in [0.5, 0.6) is 0 Å². The van der Waals surface area contributed by atoms with Gasteiger partial charge < -0.3 is 20.1 Å².